The molecule has 0 aromatic carbocycles. The molecule has 86 valence electrons. The zero-order valence-corrected chi connectivity index (χ0v) is 9.50. The summed E-state index contributed by atoms with van der Waals surface area (Å²) in [5, 5.41) is 2.55. The average molecular weight is 211 g/mol. The molecule has 1 N–H and O–H groups in total. The molecule has 4 heteroatoms. The first-order valence-corrected chi connectivity index (χ1v) is 4.85. The van der Waals surface area contributed by atoms with Gasteiger partial charge < -0.3 is 5.32 Å². The van der Waals surface area contributed by atoms with Gasteiger partial charge >= 0.3 is 6.18 Å². The standard InChI is InChI=1S/C10H20F3N/c1-7(2)14-8(10(11,12)13)6-9(3,4)5/h7-8,14H,6H2,1-5H3. The third-order valence-corrected chi connectivity index (χ3v) is 1.75. The van der Waals surface area contributed by atoms with Crippen LogP contribution in [-0.2, 0) is 0 Å². The summed E-state index contributed by atoms with van der Waals surface area (Å²) in [6.07, 6.45) is -4.05. The van der Waals surface area contributed by atoms with Crippen LogP contribution in [-0.4, -0.2) is 18.3 Å². The molecule has 0 heterocycles. The number of hydrogen-bond acceptors (Lipinski definition) is 1. The molecule has 14 heavy (non-hydrogen) atoms. The summed E-state index contributed by atoms with van der Waals surface area (Å²) in [5.41, 5.74) is -0.317. The molecular formula is C10H20F3N. The molecule has 0 amide bonds. The Balaban J connectivity index is 4.42. The average Bonchev–Trinajstić information content (AvgIpc) is 1.78. The van der Waals surface area contributed by atoms with E-state index < -0.39 is 12.2 Å². The highest BCUT2D eigenvalue weighted by Gasteiger charge is 2.41. The zero-order chi connectivity index (χ0) is 11.6. The summed E-state index contributed by atoms with van der Waals surface area (Å²) in [5.74, 6) is 0. The van der Waals surface area contributed by atoms with E-state index in [1.165, 1.54) is 0 Å². The molecule has 1 atom stereocenters. The molecule has 1 unspecified atom stereocenters. The van der Waals surface area contributed by atoms with Gasteiger partial charge in [-0.05, 0) is 11.8 Å². The van der Waals surface area contributed by atoms with Crippen molar-refractivity contribution in [3.05, 3.63) is 0 Å². The second kappa shape index (κ2) is 4.51. The molecule has 0 fully saturated rings. The molecule has 0 rings (SSSR count). The first kappa shape index (κ1) is 13.8. The summed E-state index contributed by atoms with van der Waals surface area (Å²) in [6.45, 7) is 8.89. The van der Waals surface area contributed by atoms with Crippen molar-refractivity contribution in [3.63, 3.8) is 0 Å². The Kier molecular flexibility index (Phi) is 4.43. The molecule has 0 saturated heterocycles. The number of rotatable bonds is 3. The van der Waals surface area contributed by atoms with Gasteiger partial charge in [0, 0.05) is 6.04 Å². The van der Waals surface area contributed by atoms with Crippen molar-refractivity contribution in [2.24, 2.45) is 5.41 Å². The molecular weight excluding hydrogens is 191 g/mol. The van der Waals surface area contributed by atoms with Crippen molar-refractivity contribution in [1.82, 2.24) is 5.32 Å². The lowest BCUT2D eigenvalue weighted by molar-refractivity contribution is -0.163. The Hall–Kier alpha value is -0.250. The topological polar surface area (TPSA) is 12.0 Å². The Labute approximate surface area is 84.1 Å². The van der Waals surface area contributed by atoms with Crippen LogP contribution in [0.2, 0.25) is 0 Å². The third kappa shape index (κ3) is 6.24. The summed E-state index contributed by atoms with van der Waals surface area (Å²) >= 11 is 0. The highest BCUT2D eigenvalue weighted by Crippen LogP contribution is 2.30. The second-order valence-electron chi connectivity index (χ2n) is 5.18. The molecule has 0 radical (unpaired) electrons. The first-order valence-electron chi connectivity index (χ1n) is 4.85. The van der Waals surface area contributed by atoms with Crippen molar-refractivity contribution >= 4 is 0 Å². The largest absolute Gasteiger partial charge is 0.403 e. The van der Waals surface area contributed by atoms with Crippen LogP contribution >= 0.6 is 0 Å². The second-order valence-corrected chi connectivity index (χ2v) is 5.18. The van der Waals surface area contributed by atoms with Crippen LogP contribution in [0.25, 0.3) is 0 Å². The number of alkyl halides is 3. The molecule has 0 saturated carbocycles. The van der Waals surface area contributed by atoms with E-state index in [0.717, 1.165) is 0 Å². The first-order chi connectivity index (χ1) is 6.02. The van der Waals surface area contributed by atoms with E-state index in [4.69, 9.17) is 0 Å². The Morgan fingerprint density at radius 1 is 1.07 bits per heavy atom. The van der Waals surface area contributed by atoms with Crippen molar-refractivity contribution < 1.29 is 13.2 Å². The van der Waals surface area contributed by atoms with E-state index in [0.29, 0.717) is 0 Å². The molecule has 0 spiro atoms. The minimum absolute atomic E-state index is 0.106. The van der Waals surface area contributed by atoms with Crippen LogP contribution in [0.1, 0.15) is 41.0 Å². The lowest BCUT2D eigenvalue weighted by atomic mass is 9.87. The molecule has 0 aliphatic heterocycles. The Morgan fingerprint density at radius 3 is 1.71 bits per heavy atom. The summed E-state index contributed by atoms with van der Waals surface area (Å²) < 4.78 is 37.6. The molecule has 0 bridgehead atoms. The minimum atomic E-state index is -4.16. The van der Waals surface area contributed by atoms with Gasteiger partial charge in [0.15, 0.2) is 0 Å². The van der Waals surface area contributed by atoms with Gasteiger partial charge in [-0.25, -0.2) is 0 Å². The normalized spacial score (nSPS) is 16.1. The van der Waals surface area contributed by atoms with Gasteiger partial charge in [-0.1, -0.05) is 34.6 Å². The van der Waals surface area contributed by atoms with Crippen molar-refractivity contribution in [1.29, 1.82) is 0 Å². The monoisotopic (exact) mass is 211 g/mol. The predicted octanol–water partition coefficient (Wildman–Crippen LogP) is 3.35. The van der Waals surface area contributed by atoms with Crippen molar-refractivity contribution in [3.8, 4) is 0 Å². The maximum absolute atomic E-state index is 12.5. The lowest BCUT2D eigenvalue weighted by Crippen LogP contribution is -2.47. The lowest BCUT2D eigenvalue weighted by Gasteiger charge is -2.29. The van der Waals surface area contributed by atoms with Crippen LogP contribution in [0.15, 0.2) is 0 Å². The fraction of sp³-hybridized carbons (Fsp3) is 1.00. The van der Waals surface area contributed by atoms with Gasteiger partial charge in [-0.15, -0.1) is 0 Å². The van der Waals surface area contributed by atoms with Crippen LogP contribution in [0.5, 0.6) is 0 Å². The van der Waals surface area contributed by atoms with E-state index >= 15 is 0 Å². The Morgan fingerprint density at radius 2 is 1.50 bits per heavy atom. The van der Waals surface area contributed by atoms with Gasteiger partial charge in [-0.3, -0.25) is 0 Å². The van der Waals surface area contributed by atoms with Crippen LogP contribution in [0, 0.1) is 5.41 Å². The van der Waals surface area contributed by atoms with E-state index in [1.807, 2.05) is 20.8 Å². The molecule has 0 aliphatic carbocycles. The van der Waals surface area contributed by atoms with Crippen LogP contribution in [0.3, 0.4) is 0 Å². The molecule has 1 nitrogen and oxygen atoms in total. The van der Waals surface area contributed by atoms with E-state index in [-0.39, 0.29) is 17.9 Å². The van der Waals surface area contributed by atoms with Gasteiger partial charge in [0.1, 0.15) is 6.04 Å². The highest BCUT2D eigenvalue weighted by atomic mass is 19.4. The van der Waals surface area contributed by atoms with Gasteiger partial charge in [0.25, 0.3) is 0 Å². The quantitative estimate of drug-likeness (QED) is 0.754. The maximum atomic E-state index is 12.5. The van der Waals surface area contributed by atoms with E-state index in [9.17, 15) is 13.2 Å². The molecule has 0 aromatic heterocycles. The van der Waals surface area contributed by atoms with Crippen molar-refractivity contribution in [2.45, 2.75) is 59.3 Å². The highest BCUT2D eigenvalue weighted by molar-refractivity contribution is 4.81. The van der Waals surface area contributed by atoms with Crippen LogP contribution < -0.4 is 5.32 Å². The van der Waals surface area contributed by atoms with Gasteiger partial charge in [0.2, 0.25) is 0 Å². The minimum Gasteiger partial charge on any atom is -0.304 e. The fourth-order valence-electron chi connectivity index (χ4n) is 1.28. The number of halogens is 3. The SMILES string of the molecule is CC(C)NC(CC(C)(C)C)C(F)(F)F. The van der Waals surface area contributed by atoms with Gasteiger partial charge in [0.05, 0.1) is 0 Å². The fourth-order valence-corrected chi connectivity index (χ4v) is 1.28. The Bertz CT molecular complexity index is 167. The molecule has 0 aromatic rings. The van der Waals surface area contributed by atoms with Crippen molar-refractivity contribution in [2.75, 3.05) is 0 Å². The summed E-state index contributed by atoms with van der Waals surface area (Å²) in [7, 11) is 0. The number of nitrogens with one attached hydrogen (secondary N) is 1. The number of hydrogen-bond donors (Lipinski definition) is 1. The van der Waals surface area contributed by atoms with E-state index in [2.05, 4.69) is 5.32 Å². The van der Waals surface area contributed by atoms with Gasteiger partial charge in [-0.2, -0.15) is 13.2 Å². The third-order valence-electron chi connectivity index (χ3n) is 1.75. The summed E-state index contributed by atoms with van der Waals surface area (Å²) in [6, 6.07) is -1.55. The predicted molar refractivity (Wildman–Crippen MR) is 52.2 cm³/mol. The maximum Gasteiger partial charge on any atom is 0.403 e. The molecule has 0 aliphatic rings. The zero-order valence-electron chi connectivity index (χ0n) is 9.50. The smallest absolute Gasteiger partial charge is 0.304 e. The summed E-state index contributed by atoms with van der Waals surface area (Å²) in [4.78, 5) is 0. The van der Waals surface area contributed by atoms with Crippen LogP contribution in [0.4, 0.5) is 13.2 Å². The van der Waals surface area contributed by atoms with E-state index in [1.54, 1.807) is 13.8 Å².